The first-order valence-electron chi connectivity index (χ1n) is 9.37. The summed E-state index contributed by atoms with van der Waals surface area (Å²) in [6.45, 7) is 2.56. The highest BCUT2D eigenvalue weighted by Crippen LogP contribution is 2.24. The predicted molar refractivity (Wildman–Crippen MR) is 121 cm³/mol. The van der Waals surface area contributed by atoms with Crippen molar-refractivity contribution in [2.24, 2.45) is 0 Å². The van der Waals surface area contributed by atoms with Gasteiger partial charge in [0.15, 0.2) is 0 Å². The lowest BCUT2D eigenvalue weighted by Gasteiger charge is -2.07. The molecule has 3 rings (SSSR count). The van der Waals surface area contributed by atoms with Crippen LogP contribution in [0.15, 0.2) is 83.3 Å². The molecule has 0 fully saturated rings. The van der Waals surface area contributed by atoms with Crippen LogP contribution in [0.4, 0.5) is 0 Å². The van der Waals surface area contributed by atoms with Crippen molar-refractivity contribution < 1.29 is 14.3 Å². The molecule has 0 saturated carbocycles. The minimum atomic E-state index is -0.247. The Morgan fingerprint density at radius 1 is 0.897 bits per heavy atom. The normalized spacial score (nSPS) is 11.2. The summed E-state index contributed by atoms with van der Waals surface area (Å²) in [4.78, 5) is 11.3. The smallest absolute Gasteiger partial charge is 0.309 e. The van der Waals surface area contributed by atoms with Gasteiger partial charge in [0.05, 0.1) is 13.5 Å². The molecule has 0 saturated heterocycles. The summed E-state index contributed by atoms with van der Waals surface area (Å²) in [5.74, 6) is 0.525. The fourth-order valence-electron chi connectivity index (χ4n) is 2.89. The van der Waals surface area contributed by atoms with Crippen molar-refractivity contribution in [3.8, 4) is 16.9 Å². The van der Waals surface area contributed by atoms with Gasteiger partial charge in [0.25, 0.3) is 0 Å². The first kappa shape index (κ1) is 20.9. The number of rotatable bonds is 7. The van der Waals surface area contributed by atoms with E-state index in [1.165, 1.54) is 23.8 Å². The van der Waals surface area contributed by atoms with Gasteiger partial charge in [-0.15, -0.1) is 0 Å². The first-order chi connectivity index (χ1) is 14.0. The van der Waals surface area contributed by atoms with E-state index in [2.05, 4.69) is 70.1 Å². The minimum Gasteiger partial charge on any atom is -0.490 e. The van der Waals surface area contributed by atoms with Crippen LogP contribution in [0.1, 0.15) is 18.1 Å². The minimum absolute atomic E-state index is 0.247. The Morgan fingerprint density at radius 2 is 1.48 bits per heavy atom. The number of allylic oxidation sites excluding steroid dienone is 1. The highest BCUT2D eigenvalue weighted by Gasteiger charge is 2.03. The monoisotopic (exact) mass is 450 g/mol. The summed E-state index contributed by atoms with van der Waals surface area (Å²) in [6.07, 6.45) is 2.34. The average molecular weight is 451 g/mol. The average Bonchev–Trinajstić information content (AvgIpc) is 2.75. The third-order valence-electron chi connectivity index (χ3n) is 4.66. The first-order valence-corrected chi connectivity index (χ1v) is 10.2. The second kappa shape index (κ2) is 10.1. The Hall–Kier alpha value is -2.85. The van der Waals surface area contributed by atoms with Crippen LogP contribution in [0.5, 0.6) is 5.75 Å². The number of halogens is 1. The van der Waals surface area contributed by atoms with Gasteiger partial charge in [-0.05, 0) is 65.1 Å². The predicted octanol–water partition coefficient (Wildman–Crippen LogP) is 6.31. The number of carbonyl (C=O) groups excluding carboxylic acids is 1. The summed E-state index contributed by atoms with van der Waals surface area (Å²) in [5, 5.41) is 0. The van der Waals surface area contributed by atoms with Crippen molar-refractivity contribution in [3.05, 3.63) is 94.5 Å². The van der Waals surface area contributed by atoms with Crippen LogP contribution >= 0.6 is 15.9 Å². The van der Waals surface area contributed by atoms with Gasteiger partial charge in [-0.2, -0.15) is 0 Å². The van der Waals surface area contributed by atoms with E-state index in [4.69, 9.17) is 4.74 Å². The van der Waals surface area contributed by atoms with E-state index in [-0.39, 0.29) is 12.4 Å². The number of methoxy groups -OCH3 is 1. The standard InChI is InChI=1S/C25H23BrO3/c1-18(15-16-29-24-13-3-19(4-14-24)17-25(27)28-2)20-5-7-21(8-6-20)22-9-11-23(26)12-10-22/h3-15H,16-17H2,1-2H3. The van der Waals surface area contributed by atoms with E-state index in [1.807, 2.05) is 36.4 Å². The highest BCUT2D eigenvalue weighted by atomic mass is 79.9. The van der Waals surface area contributed by atoms with Crippen molar-refractivity contribution >= 4 is 27.5 Å². The number of carbonyl (C=O) groups is 1. The third-order valence-corrected chi connectivity index (χ3v) is 5.19. The SMILES string of the molecule is COC(=O)Cc1ccc(OCC=C(C)c2ccc(-c3ccc(Br)cc3)cc2)cc1. The van der Waals surface area contributed by atoms with Crippen molar-refractivity contribution in [2.45, 2.75) is 13.3 Å². The zero-order chi connectivity index (χ0) is 20.6. The van der Waals surface area contributed by atoms with Gasteiger partial charge < -0.3 is 9.47 Å². The van der Waals surface area contributed by atoms with Crippen LogP contribution in [0.25, 0.3) is 16.7 Å². The number of hydrogen-bond acceptors (Lipinski definition) is 3. The Balaban J connectivity index is 1.57. The molecule has 0 heterocycles. The number of esters is 1. The maximum Gasteiger partial charge on any atom is 0.309 e. The lowest BCUT2D eigenvalue weighted by atomic mass is 10.0. The maximum absolute atomic E-state index is 11.3. The lowest BCUT2D eigenvalue weighted by Crippen LogP contribution is -2.04. The van der Waals surface area contributed by atoms with Gasteiger partial charge in [-0.3, -0.25) is 4.79 Å². The molecule has 3 aromatic carbocycles. The molecular formula is C25H23BrO3. The van der Waals surface area contributed by atoms with Crippen LogP contribution in [0.2, 0.25) is 0 Å². The molecule has 0 aliphatic heterocycles. The van der Waals surface area contributed by atoms with Gasteiger partial charge in [-0.25, -0.2) is 0 Å². The van der Waals surface area contributed by atoms with Gasteiger partial charge >= 0.3 is 5.97 Å². The van der Waals surface area contributed by atoms with Crippen LogP contribution in [-0.4, -0.2) is 19.7 Å². The molecule has 0 aliphatic rings. The Bertz CT molecular complexity index is 972. The van der Waals surface area contributed by atoms with Gasteiger partial charge in [0.1, 0.15) is 12.4 Å². The fraction of sp³-hybridized carbons (Fsp3) is 0.160. The molecule has 0 unspecified atom stereocenters. The molecule has 0 amide bonds. The molecular weight excluding hydrogens is 428 g/mol. The van der Waals surface area contributed by atoms with Crippen molar-refractivity contribution in [1.29, 1.82) is 0 Å². The second-order valence-electron chi connectivity index (χ2n) is 6.68. The van der Waals surface area contributed by atoms with Crippen LogP contribution in [0.3, 0.4) is 0 Å². The van der Waals surface area contributed by atoms with Gasteiger partial charge in [0.2, 0.25) is 0 Å². The topological polar surface area (TPSA) is 35.5 Å². The molecule has 0 N–H and O–H groups in total. The molecule has 0 bridgehead atoms. The van der Waals surface area contributed by atoms with E-state index in [1.54, 1.807) is 0 Å². The molecule has 0 atom stereocenters. The van der Waals surface area contributed by atoms with Gasteiger partial charge in [-0.1, -0.05) is 64.5 Å². The lowest BCUT2D eigenvalue weighted by molar-refractivity contribution is -0.139. The Kier molecular flexibility index (Phi) is 7.25. The van der Waals surface area contributed by atoms with E-state index in [0.29, 0.717) is 6.61 Å². The molecule has 0 aliphatic carbocycles. The van der Waals surface area contributed by atoms with E-state index in [0.717, 1.165) is 21.4 Å². The molecule has 29 heavy (non-hydrogen) atoms. The quantitative estimate of drug-likeness (QED) is 0.395. The summed E-state index contributed by atoms with van der Waals surface area (Å²) >= 11 is 3.47. The van der Waals surface area contributed by atoms with E-state index >= 15 is 0 Å². The van der Waals surface area contributed by atoms with Crippen molar-refractivity contribution in [3.63, 3.8) is 0 Å². The summed E-state index contributed by atoms with van der Waals surface area (Å²) in [5.41, 5.74) is 5.62. The highest BCUT2D eigenvalue weighted by molar-refractivity contribution is 9.10. The molecule has 0 radical (unpaired) electrons. The molecule has 4 heteroatoms. The maximum atomic E-state index is 11.3. The number of ether oxygens (including phenoxy) is 2. The Labute approximate surface area is 180 Å². The summed E-state index contributed by atoms with van der Waals surface area (Å²) in [6, 6.07) is 24.3. The van der Waals surface area contributed by atoms with E-state index < -0.39 is 0 Å². The van der Waals surface area contributed by atoms with E-state index in [9.17, 15) is 4.79 Å². The Morgan fingerprint density at radius 3 is 2.07 bits per heavy atom. The molecule has 0 spiro atoms. The van der Waals surface area contributed by atoms with Crippen LogP contribution in [0, 0.1) is 0 Å². The summed E-state index contributed by atoms with van der Waals surface area (Å²) < 4.78 is 11.5. The van der Waals surface area contributed by atoms with Gasteiger partial charge in [0, 0.05) is 4.47 Å². The van der Waals surface area contributed by atoms with Crippen molar-refractivity contribution in [2.75, 3.05) is 13.7 Å². The van der Waals surface area contributed by atoms with Crippen LogP contribution < -0.4 is 4.74 Å². The molecule has 0 aromatic heterocycles. The zero-order valence-electron chi connectivity index (χ0n) is 16.5. The zero-order valence-corrected chi connectivity index (χ0v) is 18.1. The summed E-state index contributed by atoms with van der Waals surface area (Å²) in [7, 11) is 1.39. The number of hydrogen-bond donors (Lipinski definition) is 0. The number of benzene rings is 3. The molecule has 148 valence electrons. The third kappa shape index (κ3) is 6.06. The fourth-order valence-corrected chi connectivity index (χ4v) is 3.16. The van der Waals surface area contributed by atoms with Crippen LogP contribution in [-0.2, 0) is 16.0 Å². The largest absolute Gasteiger partial charge is 0.490 e. The molecule has 3 aromatic rings. The molecule has 3 nitrogen and oxygen atoms in total. The second-order valence-corrected chi connectivity index (χ2v) is 7.59. The van der Waals surface area contributed by atoms with Crippen molar-refractivity contribution in [1.82, 2.24) is 0 Å².